The first-order valence-corrected chi connectivity index (χ1v) is 4.02. The molecule has 0 saturated carbocycles. The van der Waals surface area contributed by atoms with Crippen molar-refractivity contribution in [2.45, 2.75) is 13.0 Å². The van der Waals surface area contributed by atoms with E-state index in [1.165, 1.54) is 0 Å². The van der Waals surface area contributed by atoms with Crippen molar-refractivity contribution in [2.75, 3.05) is 13.1 Å². The quantitative estimate of drug-likeness (QED) is 0.599. The van der Waals surface area contributed by atoms with Gasteiger partial charge in [0.2, 0.25) is 5.91 Å². The number of hydrogen-bond acceptors (Lipinski definition) is 2. The maximum Gasteiger partial charge on any atom is 0.219 e. The monoisotopic (exact) mass is 165 g/mol. The Balaban J connectivity index is 1.94. The summed E-state index contributed by atoms with van der Waals surface area (Å²) in [6, 6.07) is 2.29. The van der Waals surface area contributed by atoms with Gasteiger partial charge in [0, 0.05) is 32.4 Å². The van der Waals surface area contributed by atoms with Gasteiger partial charge in [-0.15, -0.1) is 0 Å². The molecule has 0 bridgehead atoms. The minimum atomic E-state index is 0.151. The molecule has 1 amide bonds. The van der Waals surface area contributed by atoms with E-state index in [2.05, 4.69) is 5.10 Å². The van der Waals surface area contributed by atoms with E-state index in [1.807, 2.05) is 21.8 Å². The predicted molar refractivity (Wildman–Crippen MR) is 43.5 cm³/mol. The predicted octanol–water partition coefficient (Wildman–Crippen LogP) is 0.286. The molecule has 1 aliphatic heterocycles. The Morgan fingerprint density at radius 3 is 2.83 bits per heavy atom. The lowest BCUT2D eigenvalue weighted by atomic mass is 10.1. The van der Waals surface area contributed by atoms with Gasteiger partial charge in [-0.05, 0) is 6.07 Å². The first kappa shape index (κ1) is 7.34. The van der Waals surface area contributed by atoms with Crippen molar-refractivity contribution in [1.82, 2.24) is 14.7 Å². The van der Waals surface area contributed by atoms with Gasteiger partial charge in [0.05, 0.1) is 6.04 Å². The Morgan fingerprint density at radius 1 is 1.58 bits per heavy atom. The largest absolute Gasteiger partial charge is 0.339 e. The van der Waals surface area contributed by atoms with Crippen molar-refractivity contribution in [3.63, 3.8) is 0 Å². The second-order valence-corrected chi connectivity index (χ2v) is 3.06. The summed E-state index contributed by atoms with van der Waals surface area (Å²) >= 11 is 0. The summed E-state index contributed by atoms with van der Waals surface area (Å²) < 4.78 is 1.90. The number of carbonyl (C=O) groups is 1. The van der Waals surface area contributed by atoms with Gasteiger partial charge in [-0.1, -0.05) is 0 Å². The summed E-state index contributed by atoms with van der Waals surface area (Å²) in [5, 5.41) is 4.11. The van der Waals surface area contributed by atoms with Crippen LogP contribution in [0.2, 0.25) is 0 Å². The van der Waals surface area contributed by atoms with E-state index in [9.17, 15) is 4.79 Å². The number of hydrogen-bond donors (Lipinski definition) is 0. The van der Waals surface area contributed by atoms with Crippen LogP contribution in [0.15, 0.2) is 18.5 Å². The number of amides is 1. The van der Waals surface area contributed by atoms with Gasteiger partial charge in [0.1, 0.15) is 0 Å². The van der Waals surface area contributed by atoms with Crippen LogP contribution in [0.3, 0.4) is 0 Å². The Bertz CT molecular complexity index is 275. The zero-order chi connectivity index (χ0) is 8.55. The van der Waals surface area contributed by atoms with Crippen LogP contribution >= 0.6 is 0 Å². The number of aromatic nitrogens is 2. The molecule has 12 heavy (non-hydrogen) atoms. The molecule has 0 radical (unpaired) electrons. The van der Waals surface area contributed by atoms with Crippen LogP contribution in [-0.2, 0) is 4.79 Å². The van der Waals surface area contributed by atoms with Crippen molar-refractivity contribution in [1.29, 1.82) is 0 Å². The van der Waals surface area contributed by atoms with Gasteiger partial charge >= 0.3 is 0 Å². The van der Waals surface area contributed by atoms with E-state index < -0.39 is 0 Å². The Hall–Kier alpha value is -1.32. The van der Waals surface area contributed by atoms with E-state index in [0.717, 1.165) is 13.1 Å². The van der Waals surface area contributed by atoms with E-state index in [-0.39, 0.29) is 5.91 Å². The fourth-order valence-corrected chi connectivity index (χ4v) is 1.38. The highest BCUT2D eigenvalue weighted by atomic mass is 16.2. The number of likely N-dealkylation sites (tertiary alicyclic amines) is 1. The third kappa shape index (κ3) is 1.09. The molecule has 1 aliphatic rings. The fourth-order valence-electron chi connectivity index (χ4n) is 1.38. The molecule has 0 aliphatic carbocycles. The standard InChI is InChI=1S/C8H11N3O/c1-7(12)10-5-8(6-10)11-4-2-3-9-11/h2-4,8H,5-6H2,1H3. The third-order valence-corrected chi connectivity index (χ3v) is 2.21. The Labute approximate surface area is 70.8 Å². The second-order valence-electron chi connectivity index (χ2n) is 3.06. The van der Waals surface area contributed by atoms with E-state index in [4.69, 9.17) is 0 Å². The Morgan fingerprint density at radius 2 is 2.33 bits per heavy atom. The first-order chi connectivity index (χ1) is 5.77. The third-order valence-electron chi connectivity index (χ3n) is 2.21. The van der Waals surface area contributed by atoms with Crippen molar-refractivity contribution in [3.05, 3.63) is 18.5 Å². The zero-order valence-corrected chi connectivity index (χ0v) is 6.97. The summed E-state index contributed by atoms with van der Waals surface area (Å²) in [7, 11) is 0. The minimum Gasteiger partial charge on any atom is -0.339 e. The summed E-state index contributed by atoms with van der Waals surface area (Å²) in [6.45, 7) is 3.20. The lowest BCUT2D eigenvalue weighted by Gasteiger charge is -2.38. The molecule has 64 valence electrons. The lowest BCUT2D eigenvalue weighted by Crippen LogP contribution is -2.49. The van der Waals surface area contributed by atoms with Crippen LogP contribution in [0.25, 0.3) is 0 Å². The fraction of sp³-hybridized carbons (Fsp3) is 0.500. The zero-order valence-electron chi connectivity index (χ0n) is 6.97. The molecule has 2 rings (SSSR count). The lowest BCUT2D eigenvalue weighted by molar-refractivity contribution is -0.134. The van der Waals surface area contributed by atoms with Gasteiger partial charge in [0.25, 0.3) is 0 Å². The molecule has 0 aromatic carbocycles. The molecule has 0 spiro atoms. The highest BCUT2D eigenvalue weighted by Gasteiger charge is 2.29. The molecule has 2 heterocycles. The first-order valence-electron chi connectivity index (χ1n) is 4.02. The van der Waals surface area contributed by atoms with Crippen molar-refractivity contribution >= 4 is 5.91 Å². The summed E-state index contributed by atoms with van der Waals surface area (Å²) in [4.78, 5) is 12.6. The highest BCUT2D eigenvalue weighted by Crippen LogP contribution is 2.19. The SMILES string of the molecule is CC(=O)N1CC(n2cccn2)C1. The summed E-state index contributed by atoms with van der Waals surface area (Å²) in [6.07, 6.45) is 3.69. The number of rotatable bonds is 1. The van der Waals surface area contributed by atoms with Crippen LogP contribution in [0.5, 0.6) is 0 Å². The smallest absolute Gasteiger partial charge is 0.219 e. The molecule has 1 aromatic heterocycles. The topological polar surface area (TPSA) is 38.1 Å². The molecular weight excluding hydrogens is 154 g/mol. The molecule has 0 N–H and O–H groups in total. The van der Waals surface area contributed by atoms with Crippen molar-refractivity contribution in [2.24, 2.45) is 0 Å². The molecule has 0 unspecified atom stereocenters. The number of nitrogens with zero attached hydrogens (tertiary/aromatic N) is 3. The molecule has 1 aromatic rings. The van der Waals surface area contributed by atoms with Gasteiger partial charge in [0.15, 0.2) is 0 Å². The van der Waals surface area contributed by atoms with E-state index in [0.29, 0.717) is 6.04 Å². The van der Waals surface area contributed by atoms with Gasteiger partial charge < -0.3 is 4.90 Å². The van der Waals surface area contributed by atoms with Crippen LogP contribution < -0.4 is 0 Å². The molecule has 4 heteroatoms. The molecule has 4 nitrogen and oxygen atoms in total. The second kappa shape index (κ2) is 2.62. The number of carbonyl (C=O) groups excluding carboxylic acids is 1. The Kier molecular flexibility index (Phi) is 1.60. The molecular formula is C8H11N3O. The average Bonchev–Trinajstić information content (AvgIpc) is 2.34. The molecule has 0 atom stereocenters. The van der Waals surface area contributed by atoms with Crippen LogP contribution in [-0.4, -0.2) is 33.7 Å². The van der Waals surface area contributed by atoms with Gasteiger partial charge in [-0.25, -0.2) is 0 Å². The summed E-state index contributed by atoms with van der Waals surface area (Å²) in [5.74, 6) is 0.151. The maximum absolute atomic E-state index is 10.8. The van der Waals surface area contributed by atoms with Crippen molar-refractivity contribution in [3.8, 4) is 0 Å². The normalized spacial score (nSPS) is 17.6. The molecule has 1 saturated heterocycles. The van der Waals surface area contributed by atoms with E-state index >= 15 is 0 Å². The van der Waals surface area contributed by atoms with Crippen LogP contribution in [0, 0.1) is 0 Å². The van der Waals surface area contributed by atoms with Crippen LogP contribution in [0.1, 0.15) is 13.0 Å². The highest BCUT2D eigenvalue weighted by molar-refractivity contribution is 5.74. The van der Waals surface area contributed by atoms with Crippen LogP contribution in [0.4, 0.5) is 0 Å². The molecule has 1 fully saturated rings. The van der Waals surface area contributed by atoms with E-state index in [1.54, 1.807) is 13.1 Å². The van der Waals surface area contributed by atoms with Gasteiger partial charge in [-0.2, -0.15) is 5.10 Å². The summed E-state index contributed by atoms with van der Waals surface area (Å²) in [5.41, 5.74) is 0. The van der Waals surface area contributed by atoms with Crippen molar-refractivity contribution < 1.29 is 4.79 Å². The minimum absolute atomic E-state index is 0.151. The van der Waals surface area contributed by atoms with Gasteiger partial charge in [-0.3, -0.25) is 9.48 Å². The average molecular weight is 165 g/mol. The maximum atomic E-state index is 10.8.